The van der Waals surface area contributed by atoms with Crippen molar-refractivity contribution < 1.29 is 44.9 Å². The lowest BCUT2D eigenvalue weighted by Crippen LogP contribution is -2.51. The van der Waals surface area contributed by atoms with Crippen molar-refractivity contribution in [2.45, 2.75) is 74.9 Å². The van der Waals surface area contributed by atoms with Gasteiger partial charge in [-0.1, -0.05) is 13.5 Å². The molecule has 0 aliphatic carbocycles. The summed E-state index contributed by atoms with van der Waals surface area (Å²) in [5, 5.41) is 9.97. The number of fused-ring (bicyclic) bond motifs is 1. The number of hydrogen-bond acceptors (Lipinski definition) is 7. The molecule has 6 atom stereocenters. The number of aliphatic hydroxyl groups is 1. The first-order chi connectivity index (χ1) is 13.4. The van der Waals surface area contributed by atoms with E-state index in [9.17, 15) is 26.7 Å². The Labute approximate surface area is 171 Å². The Morgan fingerprint density at radius 1 is 1.38 bits per heavy atom. The molecule has 0 bridgehead atoms. The van der Waals surface area contributed by atoms with Crippen LogP contribution in [-0.4, -0.2) is 56.2 Å². The highest BCUT2D eigenvalue weighted by Gasteiger charge is 2.53. The number of hydrogen-bond donors (Lipinski definition) is 1. The summed E-state index contributed by atoms with van der Waals surface area (Å²) < 4.78 is 81.0. The van der Waals surface area contributed by atoms with E-state index in [0.717, 1.165) is 12.8 Å². The summed E-state index contributed by atoms with van der Waals surface area (Å²) in [6.45, 7) is 5.19. The van der Waals surface area contributed by atoms with Crippen LogP contribution < -0.4 is 0 Å². The third-order valence-corrected chi connectivity index (χ3v) is 6.63. The van der Waals surface area contributed by atoms with Gasteiger partial charge in [0.1, 0.15) is 11.4 Å². The summed E-state index contributed by atoms with van der Waals surface area (Å²) >= 11 is 0. The lowest BCUT2D eigenvalue weighted by atomic mass is 9.85. The molecule has 12 heteroatoms. The minimum absolute atomic E-state index is 0.0706. The Morgan fingerprint density at radius 3 is 2.66 bits per heavy atom. The molecule has 2 rings (SSSR count). The summed E-state index contributed by atoms with van der Waals surface area (Å²) in [5.41, 5.74) is -6.38. The molecule has 0 aromatic rings. The Bertz CT molecular complexity index is 672. The van der Waals surface area contributed by atoms with Gasteiger partial charge in [-0.15, -0.1) is 0 Å². The minimum atomic E-state index is -5.74. The van der Waals surface area contributed by atoms with Gasteiger partial charge in [-0.05, 0) is 32.1 Å². The molecule has 0 aromatic carbocycles. The zero-order valence-corrected chi connectivity index (χ0v) is 18.2. The fourth-order valence-electron chi connectivity index (χ4n) is 3.83. The number of aliphatic hydroxyl groups excluding tert-OH is 1. The molecule has 29 heavy (non-hydrogen) atoms. The standard InChI is InChI=1S/C17H28F3O7PS/c1-11(12(2)27-29(22,23)17(18,19)20)8-13-5-6-15-16(10-21,26-13)9-14(25-15)4-3-7-24-28/h11,13-15,21H,2-10,28H2,1H3/t11-,13-,14+,15+,16-/m1/s1. The lowest BCUT2D eigenvalue weighted by molar-refractivity contribution is -0.185. The molecule has 7 nitrogen and oxygen atoms in total. The molecular formula is C17H28F3O7PS. The molecule has 1 unspecified atom stereocenters. The zero-order chi connectivity index (χ0) is 21.9. The predicted octanol–water partition coefficient (Wildman–Crippen LogP) is 3.05. The molecule has 170 valence electrons. The highest BCUT2D eigenvalue weighted by Crippen LogP contribution is 2.44. The van der Waals surface area contributed by atoms with Gasteiger partial charge in [0.25, 0.3) is 0 Å². The summed E-state index contributed by atoms with van der Waals surface area (Å²) in [5.74, 6) is -1.19. The predicted molar refractivity (Wildman–Crippen MR) is 101 cm³/mol. The van der Waals surface area contributed by atoms with Crippen molar-refractivity contribution in [3.8, 4) is 0 Å². The molecule has 2 aliphatic rings. The summed E-state index contributed by atoms with van der Waals surface area (Å²) in [6.07, 6.45) is 2.76. The van der Waals surface area contributed by atoms with Crippen molar-refractivity contribution in [2.24, 2.45) is 5.92 Å². The van der Waals surface area contributed by atoms with Crippen LogP contribution in [0.3, 0.4) is 0 Å². The summed E-state index contributed by atoms with van der Waals surface area (Å²) in [6, 6.07) is 0. The number of allylic oxidation sites excluding steroid dienone is 1. The Hall–Kier alpha value is -0.450. The lowest BCUT2D eigenvalue weighted by Gasteiger charge is -2.41. The molecule has 0 aromatic heterocycles. The van der Waals surface area contributed by atoms with E-state index in [4.69, 9.17) is 14.0 Å². The summed E-state index contributed by atoms with van der Waals surface area (Å²) in [4.78, 5) is 0. The zero-order valence-electron chi connectivity index (χ0n) is 16.2. The van der Waals surface area contributed by atoms with Crippen LogP contribution in [0.25, 0.3) is 0 Å². The first-order valence-electron chi connectivity index (χ1n) is 9.39. The van der Waals surface area contributed by atoms with Gasteiger partial charge in [-0.25, -0.2) is 0 Å². The third-order valence-electron chi connectivity index (χ3n) is 5.39. The fourth-order valence-corrected chi connectivity index (χ4v) is 4.54. The van der Waals surface area contributed by atoms with Gasteiger partial charge >= 0.3 is 15.6 Å². The van der Waals surface area contributed by atoms with Gasteiger partial charge in [-0.2, -0.15) is 21.6 Å². The maximum absolute atomic E-state index is 12.5. The van der Waals surface area contributed by atoms with E-state index in [0.29, 0.717) is 25.9 Å². The van der Waals surface area contributed by atoms with Gasteiger partial charge in [0, 0.05) is 21.8 Å². The molecule has 2 saturated heterocycles. The second-order valence-electron chi connectivity index (χ2n) is 7.59. The average molecular weight is 464 g/mol. The van der Waals surface area contributed by atoms with E-state index < -0.39 is 32.9 Å². The normalized spacial score (nSPS) is 31.3. The Balaban J connectivity index is 1.94. The highest BCUT2D eigenvalue weighted by molar-refractivity contribution is 7.87. The topological polar surface area (TPSA) is 91.3 Å². The Kier molecular flexibility index (Phi) is 8.37. The quantitative estimate of drug-likeness (QED) is 0.175. The molecule has 2 fully saturated rings. The van der Waals surface area contributed by atoms with Crippen LogP contribution in [0.5, 0.6) is 0 Å². The van der Waals surface area contributed by atoms with E-state index in [1.165, 1.54) is 6.92 Å². The monoisotopic (exact) mass is 464 g/mol. The van der Waals surface area contributed by atoms with E-state index in [1.54, 1.807) is 0 Å². The van der Waals surface area contributed by atoms with Crippen LogP contribution in [0.2, 0.25) is 0 Å². The summed E-state index contributed by atoms with van der Waals surface area (Å²) in [7, 11) is -3.56. The Morgan fingerprint density at radius 2 is 2.07 bits per heavy atom. The number of halogens is 3. The molecule has 0 amide bonds. The minimum Gasteiger partial charge on any atom is -0.393 e. The second-order valence-corrected chi connectivity index (χ2v) is 9.46. The molecule has 2 aliphatic heterocycles. The largest absolute Gasteiger partial charge is 0.534 e. The molecule has 1 N–H and O–H groups in total. The number of rotatable bonds is 10. The molecular weight excluding hydrogens is 436 g/mol. The van der Waals surface area contributed by atoms with Crippen molar-refractivity contribution in [3.05, 3.63) is 12.3 Å². The smallest absolute Gasteiger partial charge is 0.393 e. The molecule has 0 spiro atoms. The van der Waals surface area contributed by atoms with Crippen LogP contribution in [0.4, 0.5) is 13.2 Å². The second kappa shape index (κ2) is 9.78. The maximum Gasteiger partial charge on any atom is 0.534 e. The van der Waals surface area contributed by atoms with Crippen molar-refractivity contribution in [2.75, 3.05) is 13.2 Å². The SMILES string of the molecule is C=C(OS(=O)(=O)C(F)(F)F)[C@H](C)C[C@H]1CC[C@@H]2O[C@@H](CCCOP)C[C@]2(CO)O1. The third kappa shape index (κ3) is 6.04. The molecule has 2 heterocycles. The van der Waals surface area contributed by atoms with E-state index in [-0.39, 0.29) is 31.3 Å². The fraction of sp³-hybridized carbons (Fsp3) is 0.882. The van der Waals surface area contributed by atoms with Gasteiger partial charge in [0.15, 0.2) is 0 Å². The van der Waals surface area contributed by atoms with Crippen molar-refractivity contribution in [1.82, 2.24) is 0 Å². The van der Waals surface area contributed by atoms with Crippen LogP contribution in [0.15, 0.2) is 12.3 Å². The first kappa shape index (κ1) is 24.8. The van der Waals surface area contributed by atoms with E-state index in [2.05, 4.69) is 20.2 Å². The van der Waals surface area contributed by atoms with Crippen LogP contribution in [0, 0.1) is 5.92 Å². The van der Waals surface area contributed by atoms with E-state index >= 15 is 0 Å². The van der Waals surface area contributed by atoms with Crippen LogP contribution in [0.1, 0.15) is 45.4 Å². The van der Waals surface area contributed by atoms with Gasteiger partial charge in [0.2, 0.25) is 0 Å². The van der Waals surface area contributed by atoms with Crippen LogP contribution >= 0.6 is 9.47 Å². The number of alkyl halides is 3. The van der Waals surface area contributed by atoms with Crippen molar-refractivity contribution >= 4 is 19.6 Å². The molecule has 0 radical (unpaired) electrons. The van der Waals surface area contributed by atoms with Gasteiger partial charge in [0.05, 0.1) is 31.5 Å². The average Bonchev–Trinajstić information content (AvgIpc) is 2.98. The van der Waals surface area contributed by atoms with E-state index in [1.807, 2.05) is 0 Å². The van der Waals surface area contributed by atoms with Crippen molar-refractivity contribution in [1.29, 1.82) is 0 Å². The number of ether oxygens (including phenoxy) is 2. The first-order valence-corrected chi connectivity index (χ1v) is 11.3. The van der Waals surface area contributed by atoms with Gasteiger partial charge < -0.3 is 23.3 Å². The van der Waals surface area contributed by atoms with Gasteiger partial charge in [-0.3, -0.25) is 0 Å². The highest BCUT2D eigenvalue weighted by atomic mass is 32.2. The van der Waals surface area contributed by atoms with Crippen LogP contribution in [-0.2, 0) is 28.3 Å². The van der Waals surface area contributed by atoms with Crippen molar-refractivity contribution in [3.63, 3.8) is 0 Å². The maximum atomic E-state index is 12.5. The molecule has 0 saturated carbocycles.